The van der Waals surface area contributed by atoms with Gasteiger partial charge in [0.05, 0.1) is 0 Å². The monoisotopic (exact) mass is 801 g/mol. The van der Waals surface area contributed by atoms with Crippen LogP contribution in [0, 0.1) is 0 Å². The minimum Gasteiger partial charge on any atom is -1.00 e. The molecule has 1 unspecified atom stereocenters. The molecule has 0 heterocycles. The Morgan fingerprint density at radius 1 is 0.396 bits per heavy atom. The summed E-state index contributed by atoms with van der Waals surface area (Å²) in [6.45, 7) is 27.9. The second-order valence-corrected chi connectivity index (χ2v) is 16.1. The zero-order chi connectivity index (χ0) is 38.5. The van der Waals surface area contributed by atoms with E-state index in [0.29, 0.717) is 6.42 Å². The molecule has 53 heavy (non-hydrogen) atoms. The SMILES string of the molecule is C=CC(C)([O-])CC/C=C(\C)CC/C=C(\C)CC/C=C(\C)CC/C=C(\C)CC/C=C(\C)CC/C=C(\C)CC/C=C(\C)CC/C=C(\C)CCC=C(C)C.[Br-].[Mg+2]. The van der Waals surface area contributed by atoms with E-state index in [1.165, 1.54) is 94.8 Å². The fraction of sp³-hybridized carbons (Fsp3) is 0.600. The first-order valence-electron chi connectivity index (χ1n) is 20.4. The van der Waals surface area contributed by atoms with Crippen LogP contribution in [-0.2, 0) is 0 Å². The van der Waals surface area contributed by atoms with Gasteiger partial charge in [0.15, 0.2) is 0 Å². The molecule has 0 N–H and O–H groups in total. The third-order valence-corrected chi connectivity index (χ3v) is 9.88. The number of halogens is 1. The maximum absolute atomic E-state index is 12.0. The van der Waals surface area contributed by atoms with E-state index >= 15 is 0 Å². The van der Waals surface area contributed by atoms with Gasteiger partial charge >= 0.3 is 23.1 Å². The van der Waals surface area contributed by atoms with E-state index in [4.69, 9.17) is 0 Å². The van der Waals surface area contributed by atoms with Gasteiger partial charge in [-0.2, -0.15) is 0 Å². The van der Waals surface area contributed by atoms with E-state index < -0.39 is 5.60 Å². The maximum atomic E-state index is 12.0. The van der Waals surface area contributed by atoms with E-state index in [2.05, 4.69) is 131 Å². The van der Waals surface area contributed by atoms with Gasteiger partial charge in [-0.3, -0.25) is 0 Å². The molecule has 0 bridgehead atoms. The summed E-state index contributed by atoms with van der Waals surface area (Å²) in [5.41, 5.74) is 12.4. The Kier molecular flexibility index (Phi) is 37.0. The molecule has 0 saturated carbocycles. The fourth-order valence-corrected chi connectivity index (χ4v) is 5.94. The predicted molar refractivity (Wildman–Crippen MR) is 237 cm³/mol. The summed E-state index contributed by atoms with van der Waals surface area (Å²) >= 11 is 0. The Morgan fingerprint density at radius 2 is 0.585 bits per heavy atom. The van der Waals surface area contributed by atoms with Crippen LogP contribution in [0.25, 0.3) is 0 Å². The first-order valence-corrected chi connectivity index (χ1v) is 20.4. The van der Waals surface area contributed by atoms with Crippen molar-refractivity contribution in [3.05, 3.63) is 117 Å². The zero-order valence-corrected chi connectivity index (χ0v) is 39.7. The van der Waals surface area contributed by atoms with Crippen molar-refractivity contribution < 1.29 is 22.1 Å². The minimum atomic E-state index is -1.01. The molecule has 0 aromatic rings. The molecular weight excluding hydrogens is 721 g/mol. The second-order valence-electron chi connectivity index (χ2n) is 16.1. The van der Waals surface area contributed by atoms with Crippen molar-refractivity contribution >= 4 is 23.1 Å². The second kappa shape index (κ2) is 35.1. The summed E-state index contributed by atoms with van der Waals surface area (Å²) in [4.78, 5) is 0. The number of rotatable bonds is 28. The quantitative estimate of drug-likeness (QED) is 0.0571. The van der Waals surface area contributed by atoms with Gasteiger partial charge in [0, 0.05) is 0 Å². The fourth-order valence-electron chi connectivity index (χ4n) is 5.94. The molecule has 0 aromatic heterocycles. The summed E-state index contributed by atoms with van der Waals surface area (Å²) in [5, 5.41) is 12.0. The summed E-state index contributed by atoms with van der Waals surface area (Å²) in [6, 6.07) is 0. The minimum absolute atomic E-state index is 0. The molecule has 0 aliphatic heterocycles. The molecule has 0 spiro atoms. The smallest absolute Gasteiger partial charge is 1.00 e. The van der Waals surface area contributed by atoms with Crippen molar-refractivity contribution in [2.45, 2.75) is 197 Å². The van der Waals surface area contributed by atoms with Crippen LogP contribution in [0.5, 0.6) is 0 Å². The molecular formula is C50H81BrMgO. The first kappa shape index (κ1) is 55.9. The van der Waals surface area contributed by atoms with E-state index in [-0.39, 0.29) is 40.0 Å². The molecule has 0 aromatic carbocycles. The average Bonchev–Trinajstić information content (AvgIpc) is 3.04. The molecule has 1 atom stereocenters. The Hall–Kier alpha value is -1.39. The maximum Gasteiger partial charge on any atom is 2.00 e. The molecule has 0 rings (SSSR count). The number of hydrogen-bond donors (Lipinski definition) is 0. The summed E-state index contributed by atoms with van der Waals surface area (Å²) in [5.74, 6) is 0. The Morgan fingerprint density at radius 3 is 0.774 bits per heavy atom. The molecule has 1 nitrogen and oxygen atoms in total. The Bertz CT molecular complexity index is 1270. The summed E-state index contributed by atoms with van der Waals surface area (Å²) in [7, 11) is 0. The van der Waals surface area contributed by atoms with Crippen LogP contribution >= 0.6 is 0 Å². The van der Waals surface area contributed by atoms with Gasteiger partial charge in [-0.1, -0.05) is 124 Å². The van der Waals surface area contributed by atoms with Gasteiger partial charge in [0.1, 0.15) is 0 Å². The van der Waals surface area contributed by atoms with E-state index in [0.717, 1.165) is 70.6 Å². The largest absolute Gasteiger partial charge is 2.00 e. The van der Waals surface area contributed by atoms with E-state index in [1.807, 2.05) is 0 Å². The van der Waals surface area contributed by atoms with Gasteiger partial charge in [-0.15, -0.1) is 12.7 Å². The van der Waals surface area contributed by atoms with Gasteiger partial charge in [-0.05, 0) is 178 Å². The molecule has 0 aliphatic carbocycles. The topological polar surface area (TPSA) is 23.1 Å². The Balaban J connectivity index is -0.0000125. The zero-order valence-electron chi connectivity index (χ0n) is 36.7. The van der Waals surface area contributed by atoms with Crippen molar-refractivity contribution in [2.24, 2.45) is 0 Å². The van der Waals surface area contributed by atoms with Crippen LogP contribution in [0.2, 0.25) is 0 Å². The van der Waals surface area contributed by atoms with Crippen molar-refractivity contribution in [1.29, 1.82) is 0 Å². The van der Waals surface area contributed by atoms with Crippen molar-refractivity contribution in [3.8, 4) is 0 Å². The van der Waals surface area contributed by atoms with Gasteiger partial charge in [0.2, 0.25) is 0 Å². The van der Waals surface area contributed by atoms with E-state index in [9.17, 15) is 5.11 Å². The van der Waals surface area contributed by atoms with Crippen molar-refractivity contribution in [1.82, 2.24) is 0 Å². The van der Waals surface area contributed by atoms with Crippen molar-refractivity contribution in [2.75, 3.05) is 0 Å². The van der Waals surface area contributed by atoms with Gasteiger partial charge in [-0.25, -0.2) is 0 Å². The molecule has 296 valence electrons. The normalized spacial score (nSPS) is 15.1. The van der Waals surface area contributed by atoms with Crippen LogP contribution in [0.4, 0.5) is 0 Å². The molecule has 0 fully saturated rings. The third kappa shape index (κ3) is 37.3. The molecule has 0 saturated heterocycles. The molecule has 3 heteroatoms. The van der Waals surface area contributed by atoms with Crippen LogP contribution < -0.4 is 22.1 Å². The molecule has 0 aliphatic rings. The van der Waals surface area contributed by atoms with Crippen LogP contribution in [0.3, 0.4) is 0 Å². The first-order chi connectivity index (χ1) is 24.1. The summed E-state index contributed by atoms with van der Waals surface area (Å²) in [6.07, 6.45) is 43.0. The van der Waals surface area contributed by atoms with Crippen LogP contribution in [0.1, 0.15) is 192 Å². The van der Waals surface area contributed by atoms with Gasteiger partial charge in [0.25, 0.3) is 0 Å². The van der Waals surface area contributed by atoms with Crippen molar-refractivity contribution in [3.63, 3.8) is 0 Å². The average molecular weight is 802 g/mol. The van der Waals surface area contributed by atoms with E-state index in [1.54, 1.807) is 6.92 Å². The number of allylic oxidation sites excluding steroid dienone is 18. The predicted octanol–water partition coefficient (Wildman–Crippen LogP) is 12.5. The summed E-state index contributed by atoms with van der Waals surface area (Å²) < 4.78 is 0. The standard InChI is InChI=1S/C50H81O.BrH.Mg/c1-13-50(12,51)40-22-39-49(11)38-21-37-48(10)36-20-35-47(9)34-19-33-46(8)32-18-31-45(7)30-17-29-44(6)28-16-27-43(5)26-15-25-42(4)24-14-23-41(2)3;;/h13,23,25,27,29,31,33,35,37,39H,1,14-22,24,26,28,30,32,34,36,38,40H2,2-12H3;1H;/q-1;;+2/p-1/b42-25+,43-27+,44-29+,45-31+,46-33+,47-35+,48-37+,49-39+;;. The Labute approximate surface area is 357 Å². The van der Waals surface area contributed by atoms with Gasteiger partial charge < -0.3 is 22.1 Å². The third-order valence-electron chi connectivity index (χ3n) is 9.88. The van der Waals surface area contributed by atoms with Crippen LogP contribution in [0.15, 0.2) is 117 Å². The van der Waals surface area contributed by atoms with Crippen LogP contribution in [-0.4, -0.2) is 28.7 Å². The molecule has 0 amide bonds. The molecule has 0 radical (unpaired) electrons. The number of hydrogen-bond acceptors (Lipinski definition) is 1.